The molecule has 1 saturated heterocycles. The Morgan fingerprint density at radius 1 is 1.02 bits per heavy atom. The third-order valence-corrected chi connectivity index (χ3v) is 10.4. The highest BCUT2D eigenvalue weighted by Gasteiger charge is 2.64. The van der Waals surface area contributed by atoms with Crippen LogP contribution in [0.5, 0.6) is 5.75 Å². The number of allylic oxidation sites excluding steroid dienone is 1. The molecule has 1 aliphatic carbocycles. The zero-order chi connectivity index (χ0) is 28.1. The van der Waals surface area contributed by atoms with Crippen molar-refractivity contribution in [3.8, 4) is 5.75 Å². The van der Waals surface area contributed by atoms with Crippen molar-refractivity contribution >= 4 is 32.4 Å². The van der Waals surface area contributed by atoms with Gasteiger partial charge in [0.25, 0.3) is 0 Å². The molecule has 0 radical (unpaired) electrons. The van der Waals surface area contributed by atoms with E-state index in [4.69, 9.17) is 4.74 Å². The third kappa shape index (κ3) is 4.24. The van der Waals surface area contributed by atoms with Crippen LogP contribution in [-0.2, 0) is 6.54 Å². The number of hydrogen-bond acceptors (Lipinski definition) is 3. The molecule has 1 saturated carbocycles. The van der Waals surface area contributed by atoms with Gasteiger partial charge in [-0.15, -0.1) is 6.58 Å². The van der Waals surface area contributed by atoms with Crippen LogP contribution in [0.4, 0.5) is 0 Å². The van der Waals surface area contributed by atoms with Gasteiger partial charge in [0.15, 0.2) is 0 Å². The molecule has 2 heterocycles. The number of ether oxygens (including phenoxy) is 1. The zero-order valence-electron chi connectivity index (χ0n) is 24.0. The SMILES string of the molecule is C=CC12C[C@@H]([C@H](O)c3ccnc4ccc(OC)cc34)[NH+](Cc3c4ccccc4cc4ccccc34)CCC1C2CC. The normalized spacial score (nSPS) is 26.4. The Balaban J connectivity index is 1.36. The molecule has 6 atom stereocenters. The first-order chi connectivity index (χ1) is 20.1. The lowest BCUT2D eigenvalue weighted by Gasteiger charge is -2.34. The first-order valence-electron chi connectivity index (χ1n) is 15.1. The minimum Gasteiger partial charge on any atom is -0.497 e. The summed E-state index contributed by atoms with van der Waals surface area (Å²) in [4.78, 5) is 6.06. The van der Waals surface area contributed by atoms with E-state index in [1.807, 2.05) is 30.5 Å². The Morgan fingerprint density at radius 3 is 2.44 bits per heavy atom. The average Bonchev–Trinajstić information content (AvgIpc) is 3.69. The molecule has 4 heteroatoms. The number of pyridine rings is 1. The van der Waals surface area contributed by atoms with Gasteiger partial charge >= 0.3 is 0 Å². The van der Waals surface area contributed by atoms with Crippen LogP contribution < -0.4 is 9.64 Å². The zero-order valence-corrected chi connectivity index (χ0v) is 24.0. The molecule has 2 aliphatic rings. The van der Waals surface area contributed by atoms with E-state index in [0.717, 1.165) is 54.6 Å². The summed E-state index contributed by atoms with van der Waals surface area (Å²) in [6.45, 7) is 8.56. The van der Waals surface area contributed by atoms with E-state index in [-0.39, 0.29) is 11.5 Å². The molecular weight excluding hydrogens is 504 g/mol. The highest BCUT2D eigenvalue weighted by Crippen LogP contribution is 2.66. The van der Waals surface area contributed by atoms with Crippen LogP contribution in [-0.4, -0.2) is 29.8 Å². The van der Waals surface area contributed by atoms with E-state index in [1.165, 1.54) is 32.0 Å². The molecule has 1 aliphatic heterocycles. The molecule has 4 aromatic carbocycles. The number of benzene rings is 4. The number of rotatable bonds is 7. The first kappa shape index (κ1) is 26.2. The Bertz CT molecular complexity index is 1710. The van der Waals surface area contributed by atoms with Gasteiger partial charge in [-0.1, -0.05) is 68.0 Å². The Hall–Kier alpha value is -3.73. The number of aliphatic hydroxyl groups is 1. The van der Waals surface area contributed by atoms with Crippen molar-refractivity contribution in [3.05, 3.63) is 109 Å². The lowest BCUT2D eigenvalue weighted by Crippen LogP contribution is -3.15. The fourth-order valence-corrected chi connectivity index (χ4v) is 8.33. The van der Waals surface area contributed by atoms with Gasteiger partial charge in [-0.2, -0.15) is 0 Å². The molecule has 208 valence electrons. The fraction of sp³-hybridized carbons (Fsp3) is 0.324. The second kappa shape index (κ2) is 10.3. The highest BCUT2D eigenvalue weighted by atomic mass is 16.5. The van der Waals surface area contributed by atoms with Crippen molar-refractivity contribution < 1.29 is 14.7 Å². The number of nitrogens with one attached hydrogen (secondary N) is 1. The number of fused-ring (bicyclic) bond motifs is 4. The summed E-state index contributed by atoms with van der Waals surface area (Å²) in [7, 11) is 1.69. The van der Waals surface area contributed by atoms with Gasteiger partial charge in [-0.3, -0.25) is 4.98 Å². The maximum Gasteiger partial charge on any atom is 0.131 e. The summed E-state index contributed by atoms with van der Waals surface area (Å²) in [6.07, 6.45) is 6.69. The van der Waals surface area contributed by atoms with Crippen LogP contribution in [0.1, 0.15) is 43.4 Å². The van der Waals surface area contributed by atoms with Gasteiger partial charge in [0.1, 0.15) is 24.4 Å². The number of aliphatic hydroxyl groups excluding tert-OH is 1. The largest absolute Gasteiger partial charge is 0.497 e. The van der Waals surface area contributed by atoms with E-state index in [2.05, 4.69) is 79.2 Å². The molecular formula is C37H39N2O2+. The molecule has 41 heavy (non-hydrogen) atoms. The predicted octanol–water partition coefficient (Wildman–Crippen LogP) is 6.66. The first-order valence-corrected chi connectivity index (χ1v) is 15.1. The summed E-state index contributed by atoms with van der Waals surface area (Å²) in [5.41, 5.74) is 3.29. The Morgan fingerprint density at radius 2 is 1.76 bits per heavy atom. The van der Waals surface area contributed by atoms with E-state index in [1.54, 1.807) is 7.11 Å². The van der Waals surface area contributed by atoms with E-state index < -0.39 is 6.10 Å². The van der Waals surface area contributed by atoms with Crippen molar-refractivity contribution in [2.45, 2.75) is 44.9 Å². The summed E-state index contributed by atoms with van der Waals surface area (Å²) in [5.74, 6) is 2.08. The molecule has 0 spiro atoms. The number of hydrogen-bond donors (Lipinski definition) is 2. The van der Waals surface area contributed by atoms with Gasteiger partial charge in [0.05, 0.1) is 19.2 Å². The van der Waals surface area contributed by atoms with Crippen LogP contribution in [0.2, 0.25) is 0 Å². The molecule has 4 unspecified atom stereocenters. The van der Waals surface area contributed by atoms with Crippen molar-refractivity contribution in [3.63, 3.8) is 0 Å². The van der Waals surface area contributed by atoms with Gasteiger partial charge < -0.3 is 14.7 Å². The summed E-state index contributed by atoms with van der Waals surface area (Å²) in [6, 6.07) is 27.8. The standard InChI is InChI=1S/C37H38N2O2/c1-4-32-33-17-19-39(23-31-27-12-8-6-10-24(27)20-25-11-7-9-13-28(25)31)35(22-37(32,33)5-2)36(40)29-16-18-38-34-15-14-26(41-3)21-30(29)34/h5-16,18,20-21,32-33,35-36,40H,2,4,17,19,22-23H2,1,3H3/p+1/t32?,33?,35-,36+,37?/m0/s1. The molecule has 5 aromatic rings. The predicted molar refractivity (Wildman–Crippen MR) is 167 cm³/mol. The van der Waals surface area contributed by atoms with Crippen molar-refractivity contribution in [1.82, 2.24) is 4.98 Å². The minimum atomic E-state index is -0.641. The van der Waals surface area contributed by atoms with Crippen LogP contribution in [0.25, 0.3) is 32.4 Å². The number of aromatic nitrogens is 1. The molecule has 0 amide bonds. The van der Waals surface area contributed by atoms with E-state index in [9.17, 15) is 5.11 Å². The lowest BCUT2D eigenvalue weighted by molar-refractivity contribution is -0.943. The quantitative estimate of drug-likeness (QED) is 0.178. The topological polar surface area (TPSA) is 46.8 Å². The number of quaternary nitrogens is 1. The molecule has 2 fully saturated rings. The smallest absolute Gasteiger partial charge is 0.131 e. The average molecular weight is 544 g/mol. The lowest BCUT2D eigenvalue weighted by atomic mass is 9.86. The van der Waals surface area contributed by atoms with E-state index >= 15 is 0 Å². The summed E-state index contributed by atoms with van der Waals surface area (Å²) < 4.78 is 5.56. The van der Waals surface area contributed by atoms with Crippen molar-refractivity contribution in [1.29, 1.82) is 0 Å². The second-order valence-corrected chi connectivity index (χ2v) is 12.1. The second-order valence-electron chi connectivity index (χ2n) is 12.1. The number of methoxy groups -OCH3 is 1. The Labute approximate surface area is 242 Å². The molecule has 0 bridgehead atoms. The number of likely N-dealkylation sites (tertiary alicyclic amines) is 1. The molecule has 7 rings (SSSR count). The van der Waals surface area contributed by atoms with Crippen molar-refractivity contribution in [2.75, 3.05) is 13.7 Å². The minimum absolute atomic E-state index is 0.0177. The van der Waals surface area contributed by atoms with Gasteiger partial charge in [-0.05, 0) is 69.3 Å². The maximum absolute atomic E-state index is 12.4. The summed E-state index contributed by atoms with van der Waals surface area (Å²) >= 11 is 0. The maximum atomic E-state index is 12.4. The van der Waals surface area contributed by atoms with Crippen molar-refractivity contribution in [2.24, 2.45) is 17.3 Å². The van der Waals surface area contributed by atoms with Gasteiger partial charge in [-0.25, -0.2) is 0 Å². The van der Waals surface area contributed by atoms with Gasteiger partial charge in [0.2, 0.25) is 0 Å². The molecule has 1 aromatic heterocycles. The Kier molecular flexibility index (Phi) is 6.56. The monoisotopic (exact) mass is 543 g/mol. The number of nitrogens with zero attached hydrogens (tertiary/aromatic N) is 1. The highest BCUT2D eigenvalue weighted by molar-refractivity contribution is 6.02. The van der Waals surface area contributed by atoms with Crippen LogP contribution >= 0.6 is 0 Å². The molecule has 2 N–H and O–H groups in total. The fourth-order valence-electron chi connectivity index (χ4n) is 8.33. The van der Waals surface area contributed by atoms with Crippen LogP contribution in [0, 0.1) is 17.3 Å². The molecule has 4 nitrogen and oxygen atoms in total. The van der Waals surface area contributed by atoms with E-state index in [0.29, 0.717) is 11.8 Å². The van der Waals surface area contributed by atoms with Crippen LogP contribution in [0.15, 0.2) is 97.7 Å². The summed E-state index contributed by atoms with van der Waals surface area (Å²) in [5, 5.41) is 18.5. The van der Waals surface area contributed by atoms with Crippen LogP contribution in [0.3, 0.4) is 0 Å². The third-order valence-electron chi connectivity index (χ3n) is 10.4. The van der Waals surface area contributed by atoms with Gasteiger partial charge in [0, 0.05) is 35.4 Å².